The van der Waals surface area contributed by atoms with Gasteiger partial charge in [0.25, 0.3) is 5.95 Å². The third-order valence-corrected chi connectivity index (χ3v) is 5.44. The second-order valence-corrected chi connectivity index (χ2v) is 9.68. The zero-order valence-corrected chi connectivity index (χ0v) is 21.3. The number of ether oxygens (including phenoxy) is 1. The molecule has 0 unspecified atom stereocenters. The molecular formula is C20H31N6O11P. The van der Waals surface area contributed by atoms with Gasteiger partial charge in [-0.2, -0.15) is 0 Å². The van der Waals surface area contributed by atoms with Crippen LogP contribution in [0.3, 0.4) is 0 Å². The lowest BCUT2D eigenvalue weighted by Gasteiger charge is -2.16. The molecule has 18 heteroatoms. The number of aliphatic hydroxyl groups excluding tert-OH is 2. The van der Waals surface area contributed by atoms with Crippen LogP contribution in [-0.4, -0.2) is 86.7 Å². The van der Waals surface area contributed by atoms with E-state index < -0.39 is 51.0 Å². The summed E-state index contributed by atoms with van der Waals surface area (Å²) < 4.78 is 26.2. The number of phosphoric acid groups is 1. The number of nitrogens with two attached hydrogens (primary N) is 2. The third-order valence-electron chi connectivity index (χ3n) is 4.95. The Bertz CT molecular complexity index is 1200. The number of carboxylic acids is 1. The summed E-state index contributed by atoms with van der Waals surface area (Å²) in [6, 6.07) is 2.40. The molecule has 3 aromatic heterocycles. The van der Waals surface area contributed by atoms with E-state index in [0.717, 1.165) is 0 Å². The van der Waals surface area contributed by atoms with Gasteiger partial charge in [-0.15, -0.1) is 0 Å². The molecule has 0 saturated carbocycles. The lowest BCUT2D eigenvalue weighted by Crippen LogP contribution is -2.33. The number of hydrogen-bond donors (Lipinski definition) is 8. The Hall–Kier alpha value is -3.15. The summed E-state index contributed by atoms with van der Waals surface area (Å²) in [4.78, 5) is 39.3. The summed E-state index contributed by atoms with van der Waals surface area (Å²) in [7, 11) is -4.72. The molecular weight excluding hydrogens is 531 g/mol. The number of carbonyl (C=O) groups is 1. The maximum absolute atomic E-state index is 10.7. The molecule has 0 amide bonds. The van der Waals surface area contributed by atoms with E-state index in [-0.39, 0.29) is 17.4 Å². The minimum absolute atomic E-state index is 0.0324. The molecule has 5 atom stereocenters. The average Bonchev–Trinajstić information content (AvgIpc) is 3.54. The number of phosphoric ester groups is 1. The number of nitrogens with zero attached hydrogens (tertiary/aromatic N) is 4. The number of fused-ring (bicyclic) bond motifs is 1. The van der Waals surface area contributed by atoms with Gasteiger partial charge in [0.05, 0.1) is 19.2 Å². The molecule has 3 aromatic rings. The van der Waals surface area contributed by atoms with Crippen LogP contribution in [0.2, 0.25) is 0 Å². The van der Waals surface area contributed by atoms with Crippen molar-refractivity contribution in [2.45, 2.75) is 50.8 Å². The maximum Gasteiger partial charge on any atom is 0.469 e. The van der Waals surface area contributed by atoms with Gasteiger partial charge >= 0.3 is 13.8 Å². The zero-order chi connectivity index (χ0) is 28.6. The van der Waals surface area contributed by atoms with Gasteiger partial charge in [0.1, 0.15) is 36.2 Å². The summed E-state index contributed by atoms with van der Waals surface area (Å²) >= 11 is 0. The number of aliphatic carboxylic acids is 1. The summed E-state index contributed by atoms with van der Waals surface area (Å²) in [6.45, 7) is 3.30. The number of aromatic nitrogens is 4. The van der Waals surface area contributed by atoms with E-state index in [1.165, 1.54) is 29.6 Å². The summed E-state index contributed by atoms with van der Waals surface area (Å²) in [5.74, 6) is -0.446. The predicted molar refractivity (Wildman–Crippen MR) is 129 cm³/mol. The molecule has 1 saturated heterocycles. The van der Waals surface area contributed by atoms with Crippen molar-refractivity contribution in [2.75, 3.05) is 12.3 Å². The molecule has 17 nitrogen and oxygen atoms in total. The molecule has 0 radical (unpaired) electrons. The minimum Gasteiger partial charge on any atom is -0.481 e. The van der Waals surface area contributed by atoms with Crippen molar-refractivity contribution in [1.29, 1.82) is 0 Å². The number of imidazole rings is 1. The molecule has 212 valence electrons. The lowest BCUT2D eigenvalue weighted by molar-refractivity contribution is -0.138. The first-order valence-electron chi connectivity index (χ1n) is 11.1. The second-order valence-electron chi connectivity index (χ2n) is 8.44. The molecule has 1 aliphatic heterocycles. The van der Waals surface area contributed by atoms with E-state index in [2.05, 4.69) is 23.9 Å². The highest BCUT2D eigenvalue weighted by molar-refractivity contribution is 7.46. The number of aromatic hydroxyl groups is 1. The number of nitrogen functional groups attached to an aromatic ring is 1. The van der Waals surface area contributed by atoms with E-state index in [4.69, 9.17) is 36.2 Å². The number of hydrogen-bond acceptors (Lipinski definition) is 13. The smallest absolute Gasteiger partial charge is 0.469 e. The number of anilines is 1. The Morgan fingerprint density at radius 2 is 1.92 bits per heavy atom. The van der Waals surface area contributed by atoms with Crippen LogP contribution < -0.4 is 11.5 Å². The van der Waals surface area contributed by atoms with Crippen LogP contribution in [0.4, 0.5) is 5.82 Å². The Kier molecular flexibility index (Phi) is 11.1. The Balaban J connectivity index is 0.000000277. The van der Waals surface area contributed by atoms with E-state index in [1.54, 1.807) is 6.07 Å². The van der Waals surface area contributed by atoms with E-state index in [9.17, 15) is 19.6 Å². The molecule has 0 bridgehead atoms. The van der Waals surface area contributed by atoms with Gasteiger partial charge in [0.15, 0.2) is 17.7 Å². The van der Waals surface area contributed by atoms with E-state index >= 15 is 0 Å². The topological polar surface area (TPSA) is 283 Å². The molecule has 1 fully saturated rings. The highest BCUT2D eigenvalue weighted by Gasteiger charge is 2.45. The number of carboxylic acid groups (broad SMARTS) is 1. The van der Waals surface area contributed by atoms with Gasteiger partial charge in [-0.05, 0) is 18.4 Å². The van der Waals surface area contributed by atoms with Gasteiger partial charge < -0.3 is 50.8 Å². The zero-order valence-electron chi connectivity index (χ0n) is 20.4. The summed E-state index contributed by atoms with van der Waals surface area (Å²) in [6.07, 6.45) is -0.527. The number of aliphatic hydroxyl groups is 2. The fourth-order valence-corrected chi connectivity index (χ4v) is 3.54. The van der Waals surface area contributed by atoms with Crippen molar-refractivity contribution >= 4 is 30.8 Å². The second kappa shape index (κ2) is 13.6. The average molecular weight is 562 g/mol. The SMILES string of the molecule is CC(C)C[C@H](N)C(=O)O.Nc1ncnc2c1ncn2[C@@H]1O[C@H](COP(=O)(O)O)[C@@H](O)[C@H]1O.Oc1ccco1. The molecule has 0 aliphatic carbocycles. The van der Waals surface area contributed by atoms with Gasteiger partial charge in [-0.25, -0.2) is 19.5 Å². The van der Waals surface area contributed by atoms with Crippen molar-refractivity contribution in [3.8, 4) is 5.95 Å². The van der Waals surface area contributed by atoms with Crippen molar-refractivity contribution < 1.29 is 53.3 Å². The van der Waals surface area contributed by atoms with Crippen LogP contribution >= 0.6 is 7.82 Å². The van der Waals surface area contributed by atoms with Crippen LogP contribution in [0.1, 0.15) is 26.5 Å². The van der Waals surface area contributed by atoms with Crippen molar-refractivity contribution in [3.63, 3.8) is 0 Å². The van der Waals surface area contributed by atoms with Gasteiger partial charge in [-0.3, -0.25) is 13.9 Å². The standard InChI is InChI=1S/C10H14N5O7P.C6H13NO2.C4H4O2/c11-8-5-9(13-2-12-8)15(3-14-5)10-7(17)6(16)4(22-10)1-21-23(18,19)20;1-4(2)3-5(7)6(8)9;5-4-2-1-3-6-4/h2-4,6-7,10,16-17H,1H2,(H2,11,12,13)(H2,18,19,20);4-5H,3,7H2,1-2H3,(H,8,9);1-3,5H/t4-,6-,7-,10-;5-;/m10./s1. The highest BCUT2D eigenvalue weighted by Crippen LogP contribution is 2.38. The summed E-state index contributed by atoms with van der Waals surface area (Å²) in [5, 5.41) is 36.7. The molecule has 4 rings (SSSR count). The third kappa shape index (κ3) is 9.00. The van der Waals surface area contributed by atoms with Crippen LogP contribution in [0.25, 0.3) is 11.2 Å². The van der Waals surface area contributed by atoms with Crippen molar-refractivity contribution in [1.82, 2.24) is 19.5 Å². The normalized spacial score (nSPS) is 21.9. The van der Waals surface area contributed by atoms with Crippen molar-refractivity contribution in [2.24, 2.45) is 11.7 Å². The monoisotopic (exact) mass is 562 g/mol. The van der Waals surface area contributed by atoms with Gasteiger partial charge in [0, 0.05) is 6.07 Å². The molecule has 1 aliphatic rings. The largest absolute Gasteiger partial charge is 0.481 e. The van der Waals surface area contributed by atoms with E-state index in [1.807, 2.05) is 13.8 Å². The van der Waals surface area contributed by atoms with Crippen LogP contribution in [0, 0.1) is 5.92 Å². The lowest BCUT2D eigenvalue weighted by atomic mass is 10.1. The molecule has 0 aromatic carbocycles. The van der Waals surface area contributed by atoms with Crippen molar-refractivity contribution in [3.05, 3.63) is 31.1 Å². The Morgan fingerprint density at radius 3 is 2.39 bits per heavy atom. The fraction of sp³-hybridized carbons (Fsp3) is 0.500. The van der Waals surface area contributed by atoms with Gasteiger partial charge in [-0.1, -0.05) is 13.8 Å². The highest BCUT2D eigenvalue weighted by atomic mass is 31.2. The van der Waals surface area contributed by atoms with Crippen LogP contribution in [0.5, 0.6) is 5.95 Å². The van der Waals surface area contributed by atoms with E-state index in [0.29, 0.717) is 17.9 Å². The first-order valence-corrected chi connectivity index (χ1v) is 12.6. The molecule has 4 heterocycles. The molecule has 0 spiro atoms. The predicted octanol–water partition coefficient (Wildman–Crippen LogP) is -0.433. The van der Waals surface area contributed by atoms with Crippen LogP contribution in [-0.2, 0) is 18.6 Å². The van der Waals surface area contributed by atoms with Crippen LogP contribution in [0.15, 0.2) is 35.5 Å². The fourth-order valence-electron chi connectivity index (χ4n) is 3.20. The molecule has 38 heavy (non-hydrogen) atoms. The number of rotatable bonds is 7. The Morgan fingerprint density at radius 1 is 1.24 bits per heavy atom. The minimum atomic E-state index is -4.72. The summed E-state index contributed by atoms with van der Waals surface area (Å²) in [5.41, 5.74) is 11.5. The number of furan rings is 1. The van der Waals surface area contributed by atoms with Gasteiger partial charge in [0.2, 0.25) is 0 Å². The quantitative estimate of drug-likeness (QED) is 0.169. The molecule has 10 N–H and O–H groups in total. The first kappa shape index (κ1) is 31.1. The maximum atomic E-state index is 10.7. The first-order chi connectivity index (χ1) is 17.7. The Labute approximate surface area is 215 Å².